The predicted octanol–water partition coefficient (Wildman–Crippen LogP) is 1.27. The van der Waals surface area contributed by atoms with E-state index < -0.39 is 0 Å². The standard InChI is InChI=1S/C13H14N6OS/c1-19-13(16-7-18-19)15-5-4-14-12(20)9-2-3-10-11(6-9)21-8-17-10/h2-3,6-8H,4-5H2,1H3,(H,14,20)(H,15,16,18). The van der Waals surface area contributed by atoms with Crippen LogP contribution in [0.3, 0.4) is 0 Å². The lowest BCUT2D eigenvalue weighted by molar-refractivity contribution is 0.0955. The van der Waals surface area contributed by atoms with Gasteiger partial charge in [0.25, 0.3) is 5.91 Å². The Balaban J connectivity index is 1.53. The molecule has 2 N–H and O–H groups in total. The monoisotopic (exact) mass is 302 g/mol. The fraction of sp³-hybridized carbons (Fsp3) is 0.231. The van der Waals surface area contributed by atoms with Crippen molar-refractivity contribution in [1.29, 1.82) is 0 Å². The molecule has 7 nitrogen and oxygen atoms in total. The van der Waals surface area contributed by atoms with Crippen molar-refractivity contribution in [2.24, 2.45) is 7.05 Å². The van der Waals surface area contributed by atoms with Crippen LogP contribution in [0.25, 0.3) is 10.2 Å². The van der Waals surface area contributed by atoms with Crippen LogP contribution in [-0.4, -0.2) is 38.7 Å². The summed E-state index contributed by atoms with van der Waals surface area (Å²) in [5.41, 5.74) is 3.34. The molecule has 0 radical (unpaired) electrons. The lowest BCUT2D eigenvalue weighted by Crippen LogP contribution is -2.29. The van der Waals surface area contributed by atoms with E-state index in [4.69, 9.17) is 0 Å². The van der Waals surface area contributed by atoms with Crippen molar-refractivity contribution in [3.8, 4) is 0 Å². The molecule has 8 heteroatoms. The van der Waals surface area contributed by atoms with Gasteiger partial charge in [0.05, 0.1) is 15.7 Å². The summed E-state index contributed by atoms with van der Waals surface area (Å²) in [4.78, 5) is 20.3. The summed E-state index contributed by atoms with van der Waals surface area (Å²) in [7, 11) is 1.80. The molecular formula is C13H14N6OS. The molecule has 2 heterocycles. The summed E-state index contributed by atoms with van der Waals surface area (Å²) < 4.78 is 2.65. The van der Waals surface area contributed by atoms with Crippen LogP contribution in [0.4, 0.5) is 5.95 Å². The minimum absolute atomic E-state index is 0.0925. The van der Waals surface area contributed by atoms with Crippen LogP contribution < -0.4 is 10.6 Å². The molecule has 3 rings (SSSR count). The summed E-state index contributed by atoms with van der Waals surface area (Å²) in [6.07, 6.45) is 1.48. The number of hydrogen-bond donors (Lipinski definition) is 2. The number of rotatable bonds is 5. The Morgan fingerprint density at radius 3 is 3.05 bits per heavy atom. The van der Waals surface area contributed by atoms with Gasteiger partial charge < -0.3 is 10.6 Å². The lowest BCUT2D eigenvalue weighted by atomic mass is 10.2. The molecule has 1 amide bonds. The Hall–Kier alpha value is -2.48. The normalized spacial score (nSPS) is 10.7. The molecule has 0 bridgehead atoms. The topological polar surface area (TPSA) is 84.7 Å². The van der Waals surface area contributed by atoms with E-state index >= 15 is 0 Å². The average molecular weight is 302 g/mol. The Kier molecular flexibility index (Phi) is 3.78. The number of anilines is 1. The quantitative estimate of drug-likeness (QED) is 0.693. The average Bonchev–Trinajstić information content (AvgIpc) is 3.11. The van der Waals surface area contributed by atoms with Gasteiger partial charge in [-0.1, -0.05) is 0 Å². The number of benzene rings is 1. The fourth-order valence-corrected chi connectivity index (χ4v) is 2.62. The van der Waals surface area contributed by atoms with Gasteiger partial charge in [0.15, 0.2) is 0 Å². The highest BCUT2D eigenvalue weighted by Crippen LogP contribution is 2.18. The van der Waals surface area contributed by atoms with Gasteiger partial charge in [0, 0.05) is 25.7 Å². The number of aryl methyl sites for hydroxylation is 1. The van der Waals surface area contributed by atoms with Gasteiger partial charge in [0.2, 0.25) is 5.95 Å². The molecule has 0 atom stereocenters. The van der Waals surface area contributed by atoms with E-state index in [0.29, 0.717) is 24.6 Å². The van der Waals surface area contributed by atoms with Crippen molar-refractivity contribution >= 4 is 33.4 Å². The molecule has 0 fully saturated rings. The zero-order valence-electron chi connectivity index (χ0n) is 11.4. The van der Waals surface area contributed by atoms with Gasteiger partial charge in [-0.2, -0.15) is 10.1 Å². The Morgan fingerprint density at radius 1 is 1.33 bits per heavy atom. The molecular weight excluding hydrogens is 288 g/mol. The van der Waals surface area contributed by atoms with Crippen molar-refractivity contribution in [2.75, 3.05) is 18.4 Å². The number of carbonyl (C=O) groups is 1. The number of hydrogen-bond acceptors (Lipinski definition) is 6. The molecule has 0 unspecified atom stereocenters. The summed E-state index contributed by atoms with van der Waals surface area (Å²) in [6.45, 7) is 1.09. The largest absolute Gasteiger partial charge is 0.353 e. The Bertz CT molecular complexity index is 765. The highest BCUT2D eigenvalue weighted by Gasteiger charge is 2.07. The van der Waals surface area contributed by atoms with Crippen molar-refractivity contribution in [3.63, 3.8) is 0 Å². The first-order valence-corrected chi connectivity index (χ1v) is 7.31. The zero-order chi connectivity index (χ0) is 14.7. The van der Waals surface area contributed by atoms with Crippen LogP contribution in [0.15, 0.2) is 30.0 Å². The second kappa shape index (κ2) is 5.88. The summed E-state index contributed by atoms with van der Waals surface area (Å²) in [5.74, 6) is 0.584. The minimum atomic E-state index is -0.0925. The Labute approximate surface area is 125 Å². The minimum Gasteiger partial charge on any atom is -0.353 e. The third kappa shape index (κ3) is 3.00. The van der Waals surface area contributed by atoms with Gasteiger partial charge in [-0.25, -0.2) is 9.67 Å². The van der Waals surface area contributed by atoms with Crippen molar-refractivity contribution in [2.45, 2.75) is 0 Å². The number of amides is 1. The van der Waals surface area contributed by atoms with Crippen LogP contribution in [-0.2, 0) is 7.05 Å². The highest BCUT2D eigenvalue weighted by molar-refractivity contribution is 7.16. The molecule has 0 spiro atoms. The van der Waals surface area contributed by atoms with Crippen LogP contribution in [0.5, 0.6) is 0 Å². The first kappa shape index (κ1) is 13.5. The first-order chi connectivity index (χ1) is 10.2. The number of fused-ring (bicyclic) bond motifs is 1. The van der Waals surface area contributed by atoms with Gasteiger partial charge in [-0.15, -0.1) is 11.3 Å². The smallest absolute Gasteiger partial charge is 0.251 e. The van der Waals surface area contributed by atoms with E-state index in [-0.39, 0.29) is 5.91 Å². The highest BCUT2D eigenvalue weighted by atomic mass is 32.1. The van der Waals surface area contributed by atoms with E-state index in [1.165, 1.54) is 17.7 Å². The van der Waals surface area contributed by atoms with Gasteiger partial charge >= 0.3 is 0 Å². The molecule has 1 aromatic carbocycles. The number of aromatic nitrogens is 4. The maximum atomic E-state index is 12.1. The zero-order valence-corrected chi connectivity index (χ0v) is 12.2. The third-order valence-electron chi connectivity index (χ3n) is 3.00. The summed E-state index contributed by atoms with van der Waals surface area (Å²) in [5, 5.41) is 9.91. The maximum absolute atomic E-state index is 12.1. The summed E-state index contributed by atoms with van der Waals surface area (Å²) in [6, 6.07) is 5.50. The maximum Gasteiger partial charge on any atom is 0.251 e. The number of nitrogens with one attached hydrogen (secondary N) is 2. The van der Waals surface area contributed by atoms with Crippen molar-refractivity contribution in [1.82, 2.24) is 25.1 Å². The van der Waals surface area contributed by atoms with E-state index in [9.17, 15) is 4.79 Å². The van der Waals surface area contributed by atoms with Gasteiger partial charge in [-0.05, 0) is 18.2 Å². The van der Waals surface area contributed by atoms with Crippen molar-refractivity contribution < 1.29 is 4.79 Å². The molecule has 0 saturated heterocycles. The number of carbonyl (C=O) groups excluding carboxylic acids is 1. The van der Waals surface area contributed by atoms with Crippen molar-refractivity contribution in [3.05, 3.63) is 35.6 Å². The molecule has 21 heavy (non-hydrogen) atoms. The molecule has 0 saturated carbocycles. The third-order valence-corrected chi connectivity index (χ3v) is 3.79. The lowest BCUT2D eigenvalue weighted by Gasteiger charge is -2.07. The van der Waals surface area contributed by atoms with E-state index in [1.54, 1.807) is 23.3 Å². The molecule has 0 aliphatic rings. The Morgan fingerprint density at radius 2 is 2.24 bits per heavy atom. The van der Waals surface area contributed by atoms with E-state index in [1.807, 2.05) is 12.1 Å². The van der Waals surface area contributed by atoms with E-state index in [0.717, 1.165) is 10.2 Å². The first-order valence-electron chi connectivity index (χ1n) is 6.43. The fourth-order valence-electron chi connectivity index (χ4n) is 1.90. The summed E-state index contributed by atoms with van der Waals surface area (Å²) >= 11 is 1.53. The second-order valence-corrected chi connectivity index (χ2v) is 5.31. The molecule has 0 aliphatic carbocycles. The molecule has 108 valence electrons. The SMILES string of the molecule is Cn1ncnc1NCCNC(=O)c1ccc2ncsc2c1. The second-order valence-electron chi connectivity index (χ2n) is 4.42. The predicted molar refractivity (Wildman–Crippen MR) is 81.4 cm³/mol. The van der Waals surface area contributed by atoms with Crippen LogP contribution >= 0.6 is 11.3 Å². The van der Waals surface area contributed by atoms with E-state index in [2.05, 4.69) is 25.7 Å². The molecule has 3 aromatic rings. The van der Waals surface area contributed by atoms with Crippen LogP contribution in [0, 0.1) is 0 Å². The number of thiazole rings is 1. The van der Waals surface area contributed by atoms with Gasteiger partial charge in [-0.3, -0.25) is 4.79 Å². The molecule has 0 aliphatic heterocycles. The van der Waals surface area contributed by atoms with Crippen LogP contribution in [0.1, 0.15) is 10.4 Å². The molecule has 2 aromatic heterocycles. The number of nitrogens with zero attached hydrogens (tertiary/aromatic N) is 4. The van der Waals surface area contributed by atoms with Crippen LogP contribution in [0.2, 0.25) is 0 Å². The van der Waals surface area contributed by atoms with Gasteiger partial charge in [0.1, 0.15) is 6.33 Å².